The molecule has 32 heavy (non-hydrogen) atoms. The highest BCUT2D eigenvalue weighted by Crippen LogP contribution is 2.34. The first-order chi connectivity index (χ1) is 15.1. The lowest BCUT2D eigenvalue weighted by Gasteiger charge is -2.11. The van der Waals surface area contributed by atoms with Crippen molar-refractivity contribution >= 4 is 35.3 Å². The van der Waals surface area contributed by atoms with E-state index < -0.39 is 17.6 Å². The summed E-state index contributed by atoms with van der Waals surface area (Å²) in [7, 11) is 0. The number of halogens is 5. The Bertz CT molecular complexity index is 1140. The third kappa shape index (κ3) is 6.24. The monoisotopic (exact) mass is 480 g/mol. The van der Waals surface area contributed by atoms with E-state index in [0.717, 1.165) is 29.3 Å². The van der Waals surface area contributed by atoms with Gasteiger partial charge in [-0.25, -0.2) is 5.43 Å². The van der Waals surface area contributed by atoms with E-state index in [0.29, 0.717) is 11.3 Å². The van der Waals surface area contributed by atoms with Crippen LogP contribution >= 0.6 is 23.2 Å². The van der Waals surface area contributed by atoms with Crippen molar-refractivity contribution in [1.82, 2.24) is 5.43 Å². The molecule has 1 N–H and O–H groups in total. The van der Waals surface area contributed by atoms with Crippen molar-refractivity contribution in [3.63, 3.8) is 0 Å². The molecule has 0 saturated heterocycles. The SMILES string of the molecule is Cc1cccc(COc2c(Cl)cc(/C=N\NC(=O)c3cccc(C(F)(F)F)c3)cc2Cl)c1. The van der Waals surface area contributed by atoms with E-state index in [9.17, 15) is 18.0 Å². The maximum Gasteiger partial charge on any atom is 0.416 e. The third-order valence-corrected chi connectivity index (χ3v) is 4.88. The van der Waals surface area contributed by atoms with Crippen LogP contribution < -0.4 is 10.2 Å². The largest absolute Gasteiger partial charge is 0.486 e. The van der Waals surface area contributed by atoms with Crippen LogP contribution in [0.2, 0.25) is 10.0 Å². The summed E-state index contributed by atoms with van der Waals surface area (Å²) in [5, 5.41) is 4.25. The van der Waals surface area contributed by atoms with E-state index in [4.69, 9.17) is 27.9 Å². The van der Waals surface area contributed by atoms with Crippen LogP contribution in [0.4, 0.5) is 13.2 Å². The minimum atomic E-state index is -4.55. The highest BCUT2D eigenvalue weighted by Gasteiger charge is 2.30. The van der Waals surface area contributed by atoms with Gasteiger partial charge in [0.15, 0.2) is 5.75 Å². The van der Waals surface area contributed by atoms with Crippen LogP contribution in [0.3, 0.4) is 0 Å². The number of hydrazone groups is 1. The normalized spacial score (nSPS) is 11.6. The first-order valence-corrected chi connectivity index (χ1v) is 10.1. The molecule has 0 fully saturated rings. The van der Waals surface area contributed by atoms with Gasteiger partial charge in [-0.2, -0.15) is 18.3 Å². The van der Waals surface area contributed by atoms with Gasteiger partial charge < -0.3 is 4.74 Å². The molecule has 0 atom stereocenters. The Morgan fingerprint density at radius 2 is 1.75 bits per heavy atom. The van der Waals surface area contributed by atoms with Gasteiger partial charge >= 0.3 is 6.18 Å². The Morgan fingerprint density at radius 3 is 2.41 bits per heavy atom. The zero-order valence-electron chi connectivity index (χ0n) is 16.7. The summed E-state index contributed by atoms with van der Waals surface area (Å²) in [4.78, 5) is 12.1. The maximum atomic E-state index is 12.8. The molecule has 1 amide bonds. The van der Waals surface area contributed by atoms with Gasteiger partial charge in [-0.05, 0) is 48.4 Å². The summed E-state index contributed by atoms with van der Waals surface area (Å²) in [5.41, 5.74) is 3.60. The molecule has 3 rings (SSSR count). The minimum absolute atomic E-state index is 0.173. The number of aryl methyl sites for hydroxylation is 1. The molecule has 0 saturated carbocycles. The van der Waals surface area contributed by atoms with Crippen LogP contribution in [-0.4, -0.2) is 12.1 Å². The van der Waals surface area contributed by atoms with Crippen LogP contribution in [0.1, 0.15) is 32.6 Å². The van der Waals surface area contributed by atoms with Gasteiger partial charge in [0.05, 0.1) is 21.8 Å². The summed E-state index contributed by atoms with van der Waals surface area (Å²) in [5.74, 6) is -0.484. The lowest BCUT2D eigenvalue weighted by Crippen LogP contribution is -2.18. The molecular weight excluding hydrogens is 464 g/mol. The third-order valence-electron chi connectivity index (χ3n) is 4.32. The molecule has 0 aliphatic heterocycles. The second-order valence-electron chi connectivity index (χ2n) is 6.87. The van der Waals surface area contributed by atoms with Crippen LogP contribution in [0, 0.1) is 6.92 Å². The summed E-state index contributed by atoms with van der Waals surface area (Å²) >= 11 is 12.5. The van der Waals surface area contributed by atoms with Crippen molar-refractivity contribution < 1.29 is 22.7 Å². The number of amides is 1. The predicted molar refractivity (Wildman–Crippen MR) is 118 cm³/mol. The van der Waals surface area contributed by atoms with Crippen molar-refractivity contribution in [1.29, 1.82) is 0 Å². The van der Waals surface area contributed by atoms with E-state index in [2.05, 4.69) is 10.5 Å². The molecule has 3 aromatic carbocycles. The zero-order valence-corrected chi connectivity index (χ0v) is 18.2. The molecule has 0 aliphatic carbocycles. The molecule has 0 unspecified atom stereocenters. The Hall–Kier alpha value is -3.03. The van der Waals surface area contributed by atoms with Crippen molar-refractivity contribution in [3.8, 4) is 5.75 Å². The average molecular weight is 481 g/mol. The fourth-order valence-electron chi connectivity index (χ4n) is 2.82. The summed E-state index contributed by atoms with van der Waals surface area (Å²) in [6, 6.07) is 14.9. The number of carbonyl (C=O) groups excluding carboxylic acids is 1. The molecule has 0 aromatic heterocycles. The molecular formula is C23H17Cl2F3N2O2. The summed E-state index contributed by atoms with van der Waals surface area (Å²) in [6.45, 7) is 2.25. The topological polar surface area (TPSA) is 50.7 Å². The molecule has 4 nitrogen and oxygen atoms in total. The summed E-state index contributed by atoms with van der Waals surface area (Å²) in [6.07, 6.45) is -3.27. The van der Waals surface area contributed by atoms with E-state index >= 15 is 0 Å². The minimum Gasteiger partial charge on any atom is -0.486 e. The number of alkyl halides is 3. The molecule has 3 aromatic rings. The Morgan fingerprint density at radius 1 is 1.06 bits per heavy atom. The van der Waals surface area contributed by atoms with Gasteiger partial charge in [0.25, 0.3) is 5.91 Å². The average Bonchev–Trinajstić information content (AvgIpc) is 2.72. The second kappa shape index (κ2) is 10.1. The smallest absolute Gasteiger partial charge is 0.416 e. The number of hydrogen-bond donors (Lipinski definition) is 1. The molecule has 0 bridgehead atoms. The van der Waals surface area contributed by atoms with Crippen LogP contribution in [-0.2, 0) is 12.8 Å². The number of ether oxygens (including phenoxy) is 1. The number of benzene rings is 3. The number of rotatable bonds is 6. The molecule has 166 valence electrons. The van der Waals surface area contributed by atoms with E-state index in [1.807, 2.05) is 31.2 Å². The first kappa shape index (κ1) is 23.6. The zero-order chi connectivity index (χ0) is 23.3. The Kier molecular flexibility index (Phi) is 7.43. The van der Waals surface area contributed by atoms with Crippen molar-refractivity contribution in [2.45, 2.75) is 19.7 Å². The van der Waals surface area contributed by atoms with Gasteiger partial charge in [0.2, 0.25) is 0 Å². The number of carbonyl (C=O) groups is 1. The standard InChI is InChI=1S/C23H17Cl2F3N2O2/c1-14-4-2-5-15(8-14)13-32-21-19(24)9-16(10-20(21)25)12-29-30-22(31)17-6-3-7-18(11-17)23(26,27)28/h2-12H,13H2,1H3,(H,30,31)/b29-12-. The fraction of sp³-hybridized carbons (Fsp3) is 0.130. The van der Waals surface area contributed by atoms with Crippen LogP contribution in [0.5, 0.6) is 5.75 Å². The van der Waals surface area contributed by atoms with Gasteiger partial charge in [0, 0.05) is 5.56 Å². The fourth-order valence-corrected chi connectivity index (χ4v) is 3.43. The van der Waals surface area contributed by atoms with Gasteiger partial charge in [-0.1, -0.05) is 59.1 Å². The van der Waals surface area contributed by atoms with Gasteiger partial charge in [-0.15, -0.1) is 0 Å². The van der Waals surface area contributed by atoms with Crippen LogP contribution in [0.25, 0.3) is 0 Å². The molecule has 0 heterocycles. The van der Waals surface area contributed by atoms with Crippen LogP contribution in [0.15, 0.2) is 65.8 Å². The van der Waals surface area contributed by atoms with Crippen molar-refractivity contribution in [2.75, 3.05) is 0 Å². The lowest BCUT2D eigenvalue weighted by molar-refractivity contribution is -0.137. The molecule has 0 radical (unpaired) electrons. The number of hydrogen-bond acceptors (Lipinski definition) is 3. The molecule has 0 aliphatic rings. The quantitative estimate of drug-likeness (QED) is 0.316. The van der Waals surface area contributed by atoms with Gasteiger partial charge in [0.1, 0.15) is 6.61 Å². The highest BCUT2D eigenvalue weighted by molar-refractivity contribution is 6.37. The molecule has 9 heteroatoms. The molecule has 0 spiro atoms. The van der Waals surface area contributed by atoms with E-state index in [1.165, 1.54) is 12.3 Å². The van der Waals surface area contributed by atoms with Gasteiger partial charge in [-0.3, -0.25) is 4.79 Å². The Balaban J connectivity index is 1.65. The highest BCUT2D eigenvalue weighted by atomic mass is 35.5. The Labute approximate surface area is 192 Å². The van der Waals surface area contributed by atoms with E-state index in [1.54, 1.807) is 12.1 Å². The van der Waals surface area contributed by atoms with Crippen molar-refractivity contribution in [3.05, 3.63) is 98.5 Å². The second-order valence-corrected chi connectivity index (χ2v) is 7.68. The van der Waals surface area contributed by atoms with Crippen molar-refractivity contribution in [2.24, 2.45) is 5.10 Å². The maximum absolute atomic E-state index is 12.8. The van der Waals surface area contributed by atoms with E-state index in [-0.39, 0.29) is 22.2 Å². The first-order valence-electron chi connectivity index (χ1n) is 9.31. The number of nitrogens with one attached hydrogen (secondary N) is 1. The lowest BCUT2D eigenvalue weighted by atomic mass is 10.1. The summed E-state index contributed by atoms with van der Waals surface area (Å²) < 4.78 is 44.1. The predicted octanol–water partition coefficient (Wildman–Crippen LogP) is 6.66. The number of nitrogens with zero attached hydrogens (tertiary/aromatic N) is 1.